The van der Waals surface area contributed by atoms with Crippen LogP contribution in [0.2, 0.25) is 0 Å². The fourth-order valence-electron chi connectivity index (χ4n) is 2.97. The van der Waals surface area contributed by atoms with Crippen molar-refractivity contribution in [1.29, 1.82) is 0 Å². The Bertz CT molecular complexity index is 1070. The fourth-order valence-corrected chi connectivity index (χ4v) is 3.34. The van der Waals surface area contributed by atoms with Crippen LogP contribution in [0.3, 0.4) is 0 Å². The van der Waals surface area contributed by atoms with Crippen LogP contribution in [-0.4, -0.2) is 39.0 Å². The Morgan fingerprint density at radius 3 is 2.82 bits per heavy atom. The summed E-state index contributed by atoms with van der Waals surface area (Å²) in [6, 6.07) is 3.95. The van der Waals surface area contributed by atoms with Gasteiger partial charge in [-0.2, -0.15) is 0 Å². The largest absolute Gasteiger partial charge is 0.446 e. The van der Waals surface area contributed by atoms with Gasteiger partial charge in [-0.15, -0.1) is 0 Å². The van der Waals surface area contributed by atoms with E-state index < -0.39 is 11.6 Å². The third-order valence-corrected chi connectivity index (χ3v) is 5.03. The molecule has 1 aliphatic heterocycles. The summed E-state index contributed by atoms with van der Waals surface area (Å²) in [5.74, 6) is -1.71. The first-order valence-electron chi connectivity index (χ1n) is 8.43. The summed E-state index contributed by atoms with van der Waals surface area (Å²) in [6.07, 6.45) is 1.40. The van der Waals surface area contributed by atoms with Crippen molar-refractivity contribution in [2.24, 2.45) is 5.92 Å². The number of amides is 1. The molecule has 2 N–H and O–H groups in total. The number of rotatable bonds is 4. The molecule has 1 saturated heterocycles. The predicted octanol–water partition coefficient (Wildman–Crippen LogP) is 1.72. The lowest BCUT2D eigenvalue weighted by molar-refractivity contribution is -0.120. The van der Waals surface area contributed by atoms with Gasteiger partial charge in [0.05, 0.1) is 10.2 Å². The van der Waals surface area contributed by atoms with Crippen molar-refractivity contribution in [3.63, 3.8) is 0 Å². The molecule has 3 heterocycles. The first-order valence-corrected chi connectivity index (χ1v) is 9.22. The average molecular weight is 453 g/mol. The zero-order valence-electron chi connectivity index (χ0n) is 14.3. The van der Waals surface area contributed by atoms with Gasteiger partial charge in [-0.1, -0.05) is 5.16 Å². The molecule has 3 aromatic rings. The molecule has 0 aliphatic carbocycles. The Morgan fingerprint density at radius 1 is 1.29 bits per heavy atom. The highest BCUT2D eigenvalue weighted by molar-refractivity contribution is 9.10. The number of hydrogen-bond donors (Lipinski definition) is 2. The van der Waals surface area contributed by atoms with Crippen molar-refractivity contribution in [3.05, 3.63) is 39.0 Å². The number of halogens is 2. The van der Waals surface area contributed by atoms with Crippen LogP contribution in [0.1, 0.15) is 12.8 Å². The Kier molecular flexibility index (Phi) is 5.05. The quantitative estimate of drug-likeness (QED) is 0.611. The number of carbonyl (C=O) groups is 1. The van der Waals surface area contributed by atoms with Crippen LogP contribution in [-0.2, 0) is 4.79 Å². The molecule has 0 saturated carbocycles. The zero-order valence-corrected chi connectivity index (χ0v) is 15.9. The van der Waals surface area contributed by atoms with Gasteiger partial charge in [0.2, 0.25) is 17.5 Å². The predicted molar refractivity (Wildman–Crippen MR) is 97.3 cm³/mol. The molecule has 10 nitrogen and oxygen atoms in total. The van der Waals surface area contributed by atoms with E-state index in [0.29, 0.717) is 12.8 Å². The van der Waals surface area contributed by atoms with Gasteiger partial charge in [-0.25, -0.2) is 18.4 Å². The molecule has 0 spiro atoms. The lowest BCUT2D eigenvalue weighted by Crippen LogP contribution is -2.34. The van der Waals surface area contributed by atoms with Crippen molar-refractivity contribution < 1.29 is 18.3 Å². The van der Waals surface area contributed by atoms with E-state index >= 15 is 0 Å². The highest BCUT2D eigenvalue weighted by atomic mass is 79.9. The standard InChI is InChI=1S/C16H14BrFN6O4/c17-10-7-9(1-2-11(10)18)24-14(23-27-16(24)26)12-13(22-28-21-12)20-15(25)8-3-5-19-6-4-8/h1-2,7-8,19H,3-6H2,(H,20,22,25). The molecule has 1 amide bonds. The molecule has 146 valence electrons. The van der Waals surface area contributed by atoms with Gasteiger partial charge in [-0.05, 0) is 70.4 Å². The molecule has 0 atom stereocenters. The molecule has 0 unspecified atom stereocenters. The second kappa shape index (κ2) is 7.64. The molecular weight excluding hydrogens is 439 g/mol. The summed E-state index contributed by atoms with van der Waals surface area (Å²) < 4.78 is 24.2. The van der Waals surface area contributed by atoms with Crippen LogP contribution in [0.25, 0.3) is 17.2 Å². The normalized spacial score (nSPS) is 14.9. The van der Waals surface area contributed by atoms with Crippen molar-refractivity contribution in [2.75, 3.05) is 18.4 Å². The minimum Gasteiger partial charge on any atom is -0.317 e. The highest BCUT2D eigenvalue weighted by Crippen LogP contribution is 2.27. The number of benzene rings is 1. The second-order valence-electron chi connectivity index (χ2n) is 6.18. The van der Waals surface area contributed by atoms with Gasteiger partial charge in [0.15, 0.2) is 5.69 Å². The van der Waals surface area contributed by atoms with Gasteiger partial charge in [0.25, 0.3) is 0 Å². The van der Waals surface area contributed by atoms with E-state index in [1.807, 2.05) is 0 Å². The highest BCUT2D eigenvalue weighted by Gasteiger charge is 2.27. The summed E-state index contributed by atoms with van der Waals surface area (Å²) in [6.45, 7) is 1.51. The van der Waals surface area contributed by atoms with E-state index in [0.717, 1.165) is 17.7 Å². The smallest absolute Gasteiger partial charge is 0.317 e. The van der Waals surface area contributed by atoms with E-state index in [-0.39, 0.29) is 39.3 Å². The number of nitrogens with one attached hydrogen (secondary N) is 2. The fraction of sp³-hybridized carbons (Fsp3) is 0.312. The summed E-state index contributed by atoms with van der Waals surface area (Å²) >= 11 is 3.07. The molecular formula is C16H14BrFN6O4. The van der Waals surface area contributed by atoms with E-state index in [1.54, 1.807) is 0 Å². The monoisotopic (exact) mass is 452 g/mol. The van der Waals surface area contributed by atoms with Crippen LogP contribution in [0, 0.1) is 11.7 Å². The van der Waals surface area contributed by atoms with E-state index in [9.17, 15) is 14.0 Å². The van der Waals surface area contributed by atoms with Crippen molar-refractivity contribution in [1.82, 2.24) is 25.4 Å². The summed E-state index contributed by atoms with van der Waals surface area (Å²) in [5.41, 5.74) is 0.307. The lowest BCUT2D eigenvalue weighted by Gasteiger charge is -2.21. The minimum atomic E-state index is -0.813. The average Bonchev–Trinajstić information content (AvgIpc) is 3.31. The molecule has 28 heavy (non-hydrogen) atoms. The van der Waals surface area contributed by atoms with E-state index in [4.69, 9.17) is 9.15 Å². The Hall–Kier alpha value is -2.86. The number of hydrogen-bond acceptors (Lipinski definition) is 8. The van der Waals surface area contributed by atoms with Crippen LogP contribution in [0.4, 0.5) is 10.2 Å². The van der Waals surface area contributed by atoms with Crippen LogP contribution in [0.15, 0.2) is 36.6 Å². The van der Waals surface area contributed by atoms with Gasteiger partial charge < -0.3 is 10.6 Å². The third kappa shape index (κ3) is 3.47. The molecule has 1 aromatic carbocycles. The van der Waals surface area contributed by atoms with Gasteiger partial charge in [0, 0.05) is 5.92 Å². The maximum atomic E-state index is 13.5. The molecule has 0 bridgehead atoms. The summed E-state index contributed by atoms with van der Waals surface area (Å²) in [7, 11) is 0. The van der Waals surface area contributed by atoms with Gasteiger partial charge in [-0.3, -0.25) is 9.32 Å². The van der Waals surface area contributed by atoms with Crippen molar-refractivity contribution >= 4 is 27.7 Å². The molecule has 2 aromatic heterocycles. The molecule has 1 aliphatic rings. The molecule has 4 rings (SSSR count). The maximum absolute atomic E-state index is 13.5. The minimum absolute atomic E-state index is 0.0201. The molecule has 0 radical (unpaired) electrons. The summed E-state index contributed by atoms with van der Waals surface area (Å²) in [5, 5.41) is 17.0. The summed E-state index contributed by atoms with van der Waals surface area (Å²) in [4.78, 5) is 24.6. The Labute approximate surface area is 165 Å². The van der Waals surface area contributed by atoms with Gasteiger partial charge in [0.1, 0.15) is 5.82 Å². The third-order valence-electron chi connectivity index (χ3n) is 4.42. The van der Waals surface area contributed by atoms with Crippen molar-refractivity contribution in [2.45, 2.75) is 12.8 Å². The second-order valence-corrected chi connectivity index (χ2v) is 7.04. The maximum Gasteiger partial charge on any atom is 0.446 e. The van der Waals surface area contributed by atoms with Crippen molar-refractivity contribution in [3.8, 4) is 17.2 Å². The molecule has 1 fully saturated rings. The number of nitrogens with zero attached hydrogens (tertiary/aromatic N) is 4. The van der Waals surface area contributed by atoms with Gasteiger partial charge >= 0.3 is 5.76 Å². The van der Waals surface area contributed by atoms with Crippen LogP contribution in [0.5, 0.6) is 0 Å². The zero-order chi connectivity index (χ0) is 19.7. The Morgan fingerprint density at radius 2 is 2.07 bits per heavy atom. The Balaban J connectivity index is 1.68. The first kappa shape index (κ1) is 18.5. The number of anilines is 1. The topological polar surface area (TPSA) is 128 Å². The lowest BCUT2D eigenvalue weighted by atomic mass is 9.97. The number of piperidine rings is 1. The first-order chi connectivity index (χ1) is 13.5. The van der Waals surface area contributed by atoms with E-state index in [1.165, 1.54) is 18.2 Å². The van der Waals surface area contributed by atoms with Crippen LogP contribution < -0.4 is 16.4 Å². The SMILES string of the molecule is O=C(Nc1nonc1-c1noc(=O)n1-c1ccc(F)c(Br)c1)C1CCNCC1. The van der Waals surface area contributed by atoms with Crippen LogP contribution >= 0.6 is 15.9 Å². The molecule has 12 heteroatoms. The number of carbonyl (C=O) groups excluding carboxylic acids is 1. The van der Waals surface area contributed by atoms with E-state index in [2.05, 4.69) is 42.0 Å². The number of aromatic nitrogens is 4.